The zero-order valence-corrected chi connectivity index (χ0v) is 30.2. The van der Waals surface area contributed by atoms with Gasteiger partial charge in [-0.3, -0.25) is 9.69 Å². The number of ether oxygens (including phenoxy) is 3. The van der Waals surface area contributed by atoms with Crippen LogP contribution in [0.15, 0.2) is 137 Å². The normalized spacial score (nSPS) is 13.3. The lowest BCUT2D eigenvalue weighted by Crippen LogP contribution is -2.33. The number of likely N-dealkylation sites (tertiary alicyclic amines) is 1. The molecule has 0 atom stereocenters. The Bertz CT molecular complexity index is 1970. The Morgan fingerprint density at radius 1 is 0.640 bits per heavy atom. The highest BCUT2D eigenvalue weighted by atomic mass is 32.2. The molecule has 1 fully saturated rings. The van der Waals surface area contributed by atoms with Gasteiger partial charge in [-0.25, -0.2) is 0 Å². The van der Waals surface area contributed by atoms with Crippen molar-refractivity contribution in [3.63, 3.8) is 0 Å². The zero-order valence-electron chi connectivity index (χ0n) is 27.8. The molecule has 1 aliphatic heterocycles. The van der Waals surface area contributed by atoms with Gasteiger partial charge in [0.2, 0.25) is 0 Å². The van der Waals surface area contributed by atoms with Crippen LogP contribution in [0.3, 0.4) is 0 Å². The molecule has 8 heteroatoms. The molecule has 5 aromatic carbocycles. The number of fused-ring (bicyclic) bond motifs is 1. The summed E-state index contributed by atoms with van der Waals surface area (Å²) in [5, 5.41) is 0.916. The fourth-order valence-electron chi connectivity index (χ4n) is 5.98. The Balaban J connectivity index is 1.09. The average Bonchev–Trinajstić information content (AvgIpc) is 3.55. The molecular formula is C42H39NO4S3. The first kappa shape index (κ1) is 34.2. The molecule has 0 aliphatic carbocycles. The highest BCUT2D eigenvalue weighted by molar-refractivity contribution is 7.99. The molecule has 7 rings (SSSR count). The van der Waals surface area contributed by atoms with Gasteiger partial charge in [0.25, 0.3) is 0 Å². The standard InChI is InChI=1S/C42H39NO4S3/c44-41(31-14-18-33(19-15-31)45-27-26-43-24-8-3-9-25-43)40-38-23-22-35(47-30-49-37-12-6-2-7-13-37)28-39(38)50-42(40)32-16-20-34(21-17-32)46-29-48-36-10-4-1-5-11-36/h1-2,4-7,10-23,28H,3,8-9,24-27,29-30H2. The fourth-order valence-corrected chi connectivity index (χ4v) is 8.58. The lowest BCUT2D eigenvalue weighted by molar-refractivity contribution is 0.104. The van der Waals surface area contributed by atoms with Crippen molar-refractivity contribution in [3.05, 3.63) is 139 Å². The fraction of sp³-hybridized carbons (Fsp3) is 0.214. The van der Waals surface area contributed by atoms with E-state index < -0.39 is 0 Å². The monoisotopic (exact) mass is 717 g/mol. The number of rotatable bonds is 15. The third kappa shape index (κ3) is 8.92. The van der Waals surface area contributed by atoms with Crippen LogP contribution in [-0.4, -0.2) is 48.8 Å². The Kier molecular flexibility index (Phi) is 11.7. The van der Waals surface area contributed by atoms with Crippen molar-refractivity contribution in [2.24, 2.45) is 0 Å². The third-order valence-corrected chi connectivity index (χ3v) is 11.5. The molecule has 2 heterocycles. The van der Waals surface area contributed by atoms with Crippen molar-refractivity contribution < 1.29 is 19.0 Å². The lowest BCUT2D eigenvalue weighted by Gasteiger charge is -2.26. The van der Waals surface area contributed by atoms with E-state index in [2.05, 4.69) is 29.2 Å². The first-order valence-electron chi connectivity index (χ1n) is 17.0. The maximum atomic E-state index is 14.3. The van der Waals surface area contributed by atoms with E-state index in [4.69, 9.17) is 14.2 Å². The summed E-state index contributed by atoms with van der Waals surface area (Å²) in [6.07, 6.45) is 3.86. The minimum absolute atomic E-state index is 0.0148. The van der Waals surface area contributed by atoms with Gasteiger partial charge in [0.05, 0.1) is 0 Å². The molecule has 0 radical (unpaired) electrons. The molecule has 0 amide bonds. The molecule has 1 saturated heterocycles. The number of hydrogen-bond donors (Lipinski definition) is 0. The summed E-state index contributed by atoms with van der Waals surface area (Å²) in [6.45, 7) is 3.87. The van der Waals surface area contributed by atoms with Crippen LogP contribution in [0.1, 0.15) is 35.2 Å². The second-order valence-corrected chi connectivity index (χ2v) is 15.1. The van der Waals surface area contributed by atoms with Gasteiger partial charge in [-0.1, -0.05) is 66.3 Å². The van der Waals surface area contributed by atoms with Gasteiger partial charge in [0, 0.05) is 42.4 Å². The minimum atomic E-state index is -0.0148. The van der Waals surface area contributed by atoms with Gasteiger partial charge in [0.1, 0.15) is 35.7 Å². The molecule has 50 heavy (non-hydrogen) atoms. The summed E-state index contributed by atoms with van der Waals surface area (Å²) >= 11 is 4.91. The van der Waals surface area contributed by atoms with E-state index in [-0.39, 0.29) is 5.78 Å². The number of hydrogen-bond acceptors (Lipinski definition) is 8. The van der Waals surface area contributed by atoms with E-state index in [1.165, 1.54) is 19.3 Å². The summed E-state index contributed by atoms with van der Waals surface area (Å²) in [6, 6.07) is 42.1. The molecule has 1 aliphatic rings. The highest BCUT2D eigenvalue weighted by Crippen LogP contribution is 2.42. The van der Waals surface area contributed by atoms with Crippen molar-refractivity contribution in [2.45, 2.75) is 29.1 Å². The molecule has 1 aromatic heterocycles. The molecule has 0 N–H and O–H groups in total. The van der Waals surface area contributed by atoms with Crippen molar-refractivity contribution in [2.75, 3.05) is 38.1 Å². The minimum Gasteiger partial charge on any atom is -0.492 e. The zero-order chi connectivity index (χ0) is 34.0. The van der Waals surface area contributed by atoms with Crippen LogP contribution in [0.5, 0.6) is 17.2 Å². The number of thioether (sulfide) groups is 2. The van der Waals surface area contributed by atoms with E-state index in [1.807, 2.05) is 103 Å². The maximum Gasteiger partial charge on any atom is 0.195 e. The Morgan fingerprint density at radius 3 is 1.88 bits per heavy atom. The van der Waals surface area contributed by atoms with Gasteiger partial charge < -0.3 is 14.2 Å². The predicted octanol–water partition coefficient (Wildman–Crippen LogP) is 10.9. The van der Waals surface area contributed by atoms with Crippen LogP contribution in [0.2, 0.25) is 0 Å². The summed E-state index contributed by atoms with van der Waals surface area (Å²) in [4.78, 5) is 20.0. The van der Waals surface area contributed by atoms with E-state index in [0.29, 0.717) is 29.6 Å². The Morgan fingerprint density at radius 2 is 1.22 bits per heavy atom. The van der Waals surface area contributed by atoms with E-state index in [9.17, 15) is 4.79 Å². The highest BCUT2D eigenvalue weighted by Gasteiger charge is 2.22. The second kappa shape index (κ2) is 17.1. The van der Waals surface area contributed by atoms with Crippen LogP contribution in [0.4, 0.5) is 0 Å². The summed E-state index contributed by atoms with van der Waals surface area (Å²) in [7, 11) is 0. The number of piperidine rings is 1. The van der Waals surface area contributed by atoms with Crippen LogP contribution < -0.4 is 14.2 Å². The molecule has 6 aromatic rings. The van der Waals surface area contributed by atoms with Crippen molar-refractivity contribution in [3.8, 4) is 27.7 Å². The third-order valence-electron chi connectivity index (χ3n) is 8.64. The van der Waals surface area contributed by atoms with E-state index >= 15 is 0 Å². The number of thiophene rings is 1. The second-order valence-electron chi connectivity index (χ2n) is 12.0. The summed E-state index contributed by atoms with van der Waals surface area (Å²) in [5.74, 6) is 3.34. The lowest BCUT2D eigenvalue weighted by atomic mass is 9.97. The van der Waals surface area contributed by atoms with Crippen LogP contribution >= 0.6 is 34.9 Å². The van der Waals surface area contributed by atoms with Crippen LogP contribution in [0.25, 0.3) is 20.5 Å². The van der Waals surface area contributed by atoms with Crippen LogP contribution in [-0.2, 0) is 0 Å². The van der Waals surface area contributed by atoms with Gasteiger partial charge in [-0.15, -0.1) is 11.3 Å². The van der Waals surface area contributed by atoms with E-state index in [0.717, 1.165) is 67.2 Å². The quantitative estimate of drug-likeness (QED) is 0.0595. The van der Waals surface area contributed by atoms with Crippen molar-refractivity contribution >= 4 is 50.7 Å². The number of benzene rings is 5. The SMILES string of the molecule is O=C(c1ccc(OCCN2CCCCC2)cc1)c1c(-c2ccc(OCSc3ccccc3)cc2)sc2cc(OCSc3ccccc3)ccc12. The van der Waals surface area contributed by atoms with Gasteiger partial charge in [-0.05, 0) is 122 Å². The first-order chi connectivity index (χ1) is 24.7. The maximum absolute atomic E-state index is 14.3. The molecule has 0 spiro atoms. The van der Waals surface area contributed by atoms with Crippen molar-refractivity contribution in [1.29, 1.82) is 0 Å². The number of ketones is 1. The van der Waals surface area contributed by atoms with Crippen molar-refractivity contribution in [1.82, 2.24) is 4.90 Å². The number of nitrogens with zero attached hydrogens (tertiary/aromatic N) is 1. The molecule has 0 bridgehead atoms. The predicted molar refractivity (Wildman–Crippen MR) is 209 cm³/mol. The van der Waals surface area contributed by atoms with Gasteiger partial charge in [0.15, 0.2) is 5.78 Å². The largest absolute Gasteiger partial charge is 0.492 e. The molecule has 5 nitrogen and oxygen atoms in total. The topological polar surface area (TPSA) is 48.0 Å². The first-order valence-corrected chi connectivity index (χ1v) is 19.8. The van der Waals surface area contributed by atoms with Crippen LogP contribution in [0, 0.1) is 0 Å². The average molecular weight is 718 g/mol. The number of carbonyl (C=O) groups is 1. The van der Waals surface area contributed by atoms with Gasteiger partial charge in [-0.2, -0.15) is 0 Å². The molecule has 0 unspecified atom stereocenters. The molecular weight excluding hydrogens is 679 g/mol. The Hall–Kier alpha value is -4.21. The molecule has 254 valence electrons. The summed E-state index contributed by atoms with van der Waals surface area (Å²) < 4.78 is 19.2. The smallest absolute Gasteiger partial charge is 0.195 e. The molecule has 0 saturated carbocycles. The van der Waals surface area contributed by atoms with Gasteiger partial charge >= 0.3 is 0 Å². The van der Waals surface area contributed by atoms with E-state index in [1.54, 1.807) is 34.9 Å². The summed E-state index contributed by atoms with van der Waals surface area (Å²) in [5.41, 5.74) is 2.30. The Labute approximate surface area is 306 Å². The number of carbonyl (C=O) groups excluding carboxylic acids is 1.